The lowest BCUT2D eigenvalue weighted by Gasteiger charge is -2.35. The van der Waals surface area contributed by atoms with Crippen molar-refractivity contribution in [3.05, 3.63) is 24.3 Å². The van der Waals surface area contributed by atoms with Crippen LogP contribution >= 0.6 is 0 Å². The molecule has 49 heavy (non-hydrogen) atoms. The van der Waals surface area contributed by atoms with Crippen molar-refractivity contribution in [1.82, 2.24) is 36.1 Å². The van der Waals surface area contributed by atoms with Gasteiger partial charge in [-0.05, 0) is 37.5 Å². The number of hydrogen-bond acceptors (Lipinski definition) is 8. The maximum Gasteiger partial charge on any atom is 0.289 e. The van der Waals surface area contributed by atoms with Crippen molar-refractivity contribution in [3.63, 3.8) is 0 Å². The first-order valence-corrected chi connectivity index (χ1v) is 18.1. The molecule has 13 heteroatoms. The molecule has 3 fully saturated rings. The topological polar surface area (TPSA) is 180 Å². The van der Waals surface area contributed by atoms with Crippen LogP contribution in [0.4, 0.5) is 0 Å². The van der Waals surface area contributed by atoms with Crippen molar-refractivity contribution < 1.29 is 28.8 Å². The zero-order chi connectivity index (χ0) is 36.4. The second-order valence-electron chi connectivity index (χ2n) is 14.1. The molecule has 0 aromatic carbocycles. The Bertz CT molecular complexity index is 1220. The van der Waals surface area contributed by atoms with E-state index in [1.165, 1.54) is 68.4 Å². The second kappa shape index (κ2) is 21.2. The fourth-order valence-electron chi connectivity index (χ4n) is 5.53. The maximum atomic E-state index is 13.7. The van der Waals surface area contributed by atoms with Gasteiger partial charge < -0.3 is 26.2 Å². The second-order valence-corrected chi connectivity index (χ2v) is 14.1. The molecule has 4 N–H and O–H groups in total. The Morgan fingerprint density at radius 2 is 1.49 bits per heavy atom. The number of aromatic nitrogens is 2. The molecule has 0 bridgehead atoms. The molecule has 2 saturated carbocycles. The predicted octanol–water partition coefficient (Wildman–Crippen LogP) is 3.62. The summed E-state index contributed by atoms with van der Waals surface area (Å²) < 4.78 is 0. The molecule has 1 aromatic rings. The number of carbonyl (C=O) groups excluding carboxylic acids is 6. The highest BCUT2D eigenvalue weighted by molar-refractivity contribution is 6.38. The van der Waals surface area contributed by atoms with Gasteiger partial charge in [0.15, 0.2) is 0 Å². The number of Topliss-reactive ketones (excluding diaryl/α,β-unsaturated/α-hetero) is 1. The minimum atomic E-state index is -0.987. The van der Waals surface area contributed by atoms with Crippen LogP contribution in [0.1, 0.15) is 136 Å². The van der Waals surface area contributed by atoms with E-state index in [0.29, 0.717) is 32.2 Å². The minimum Gasteiger partial charge on any atom is -0.347 e. The molecule has 2 aliphatic carbocycles. The molecule has 3 atom stereocenters. The van der Waals surface area contributed by atoms with E-state index in [2.05, 4.69) is 45.1 Å². The van der Waals surface area contributed by atoms with Gasteiger partial charge >= 0.3 is 0 Å². The molecule has 3 unspecified atom stereocenters. The van der Waals surface area contributed by atoms with E-state index in [1.54, 1.807) is 20.8 Å². The Morgan fingerprint density at radius 3 is 2.00 bits per heavy atom. The Hall–Kier alpha value is -3.90. The minimum absolute atomic E-state index is 0.0160. The van der Waals surface area contributed by atoms with Crippen molar-refractivity contribution in [1.29, 1.82) is 0 Å². The molecule has 1 aliphatic heterocycles. The summed E-state index contributed by atoms with van der Waals surface area (Å²) in [5.74, 6) is -3.51. The van der Waals surface area contributed by atoms with Gasteiger partial charge in [-0.1, -0.05) is 92.9 Å². The van der Waals surface area contributed by atoms with E-state index in [0.717, 1.165) is 12.8 Å². The summed E-state index contributed by atoms with van der Waals surface area (Å²) in [5, 5.41) is 10.5. The van der Waals surface area contributed by atoms with E-state index in [-0.39, 0.29) is 18.3 Å². The fourth-order valence-corrected chi connectivity index (χ4v) is 5.53. The van der Waals surface area contributed by atoms with Gasteiger partial charge in [-0.3, -0.25) is 33.8 Å². The number of ketones is 1. The van der Waals surface area contributed by atoms with Crippen molar-refractivity contribution in [2.75, 3.05) is 13.1 Å². The Balaban J connectivity index is 0.000000808. The number of hydrogen-bond donors (Lipinski definition) is 4. The summed E-state index contributed by atoms with van der Waals surface area (Å²) in [6, 6.07) is -2.80. The first-order valence-electron chi connectivity index (χ1n) is 18.1. The van der Waals surface area contributed by atoms with Crippen LogP contribution in [-0.2, 0) is 24.0 Å². The van der Waals surface area contributed by atoms with Gasteiger partial charge in [0.25, 0.3) is 11.8 Å². The average Bonchev–Trinajstić information content (AvgIpc) is 3.76. The normalized spacial score (nSPS) is 18.2. The molecule has 274 valence electrons. The van der Waals surface area contributed by atoms with Crippen molar-refractivity contribution in [2.45, 2.75) is 149 Å². The zero-order valence-electron chi connectivity index (χ0n) is 30.4. The van der Waals surface area contributed by atoms with Gasteiger partial charge in [0.05, 0.1) is 18.8 Å². The molecule has 1 saturated heterocycles. The van der Waals surface area contributed by atoms with E-state index in [1.807, 2.05) is 6.92 Å². The highest BCUT2D eigenvalue weighted by atomic mass is 16.2. The van der Waals surface area contributed by atoms with Crippen LogP contribution < -0.4 is 21.3 Å². The third-order valence-electron chi connectivity index (χ3n) is 8.31. The molecular formula is C36H59N7O6. The van der Waals surface area contributed by atoms with Crippen molar-refractivity contribution >= 4 is 35.3 Å². The third-order valence-corrected chi connectivity index (χ3v) is 8.31. The lowest BCUT2D eigenvalue weighted by Crippen LogP contribution is -2.59. The number of carbonyl (C=O) groups is 6. The molecule has 0 spiro atoms. The number of likely N-dealkylation sites (tertiary alicyclic amines) is 1. The molecule has 3 aliphatic rings. The average molecular weight is 686 g/mol. The van der Waals surface area contributed by atoms with Gasteiger partial charge in [0, 0.05) is 25.0 Å². The molecule has 2 heterocycles. The van der Waals surface area contributed by atoms with Gasteiger partial charge in [-0.2, -0.15) is 0 Å². The van der Waals surface area contributed by atoms with Crippen LogP contribution in [0.3, 0.4) is 0 Å². The summed E-state index contributed by atoms with van der Waals surface area (Å²) >= 11 is 0. The molecule has 5 amide bonds. The quantitative estimate of drug-likeness (QED) is 0.241. The molecule has 0 radical (unpaired) electrons. The van der Waals surface area contributed by atoms with Crippen molar-refractivity contribution in [3.8, 4) is 0 Å². The highest BCUT2D eigenvalue weighted by Gasteiger charge is 2.43. The molecule has 13 nitrogen and oxygen atoms in total. The number of rotatable bonds is 12. The van der Waals surface area contributed by atoms with Crippen LogP contribution in [0.2, 0.25) is 0 Å². The Morgan fingerprint density at radius 1 is 0.878 bits per heavy atom. The largest absolute Gasteiger partial charge is 0.347 e. The first-order chi connectivity index (χ1) is 23.3. The number of nitrogens with zero attached hydrogens (tertiary/aromatic N) is 3. The first kappa shape index (κ1) is 41.3. The summed E-state index contributed by atoms with van der Waals surface area (Å²) in [5.41, 5.74) is -0.665. The lowest BCUT2D eigenvalue weighted by molar-refractivity contribution is -0.145. The number of amides is 5. The van der Waals surface area contributed by atoms with E-state index >= 15 is 0 Å². The molecule has 4 rings (SSSR count). The highest BCUT2D eigenvalue weighted by Crippen LogP contribution is 2.26. The van der Waals surface area contributed by atoms with E-state index < -0.39 is 58.9 Å². The van der Waals surface area contributed by atoms with Crippen molar-refractivity contribution in [2.24, 2.45) is 5.41 Å². The summed E-state index contributed by atoms with van der Waals surface area (Å²) in [6.45, 7) is 11.4. The zero-order valence-corrected chi connectivity index (χ0v) is 30.4. The molecule has 1 aromatic heterocycles. The third kappa shape index (κ3) is 14.6. The van der Waals surface area contributed by atoms with Gasteiger partial charge in [-0.25, -0.2) is 4.98 Å². The lowest BCUT2D eigenvalue weighted by atomic mass is 9.85. The Kier molecular flexibility index (Phi) is 17.9. The summed E-state index contributed by atoms with van der Waals surface area (Å²) in [4.78, 5) is 86.0. The van der Waals surface area contributed by atoms with Crippen LogP contribution in [0, 0.1) is 5.41 Å². The van der Waals surface area contributed by atoms with Gasteiger partial charge in [0.1, 0.15) is 17.8 Å². The summed E-state index contributed by atoms with van der Waals surface area (Å²) in [7, 11) is 0. The standard InChI is InChI=1S/C27H39N7O6.C6H12.C3H8/c1-5-7-17(21(36)25(39)31-16-9-10-16)32-24(38)19-8-6-13-34(19)26(40)22(27(2,3)4)33-20(35)15-30-23(37)18-14-28-11-12-29-18;1-2-4-6-5-3-1;1-3-2/h11-12,14,16-17,19,22H,5-10,13,15H2,1-4H3,(H,30,37)(H,31,39)(H,32,38)(H,33,35);1-6H2;3H2,1-2H3. The van der Waals surface area contributed by atoms with Crippen LogP contribution in [0.25, 0.3) is 0 Å². The number of nitrogens with one attached hydrogen (secondary N) is 4. The van der Waals surface area contributed by atoms with Crippen LogP contribution in [-0.4, -0.2) is 87.4 Å². The van der Waals surface area contributed by atoms with Crippen LogP contribution in [0.5, 0.6) is 0 Å². The fraction of sp³-hybridized carbons (Fsp3) is 0.722. The van der Waals surface area contributed by atoms with Gasteiger partial charge in [0.2, 0.25) is 23.5 Å². The summed E-state index contributed by atoms with van der Waals surface area (Å²) in [6.07, 6.45) is 17.8. The van der Waals surface area contributed by atoms with Gasteiger partial charge in [-0.15, -0.1) is 0 Å². The van der Waals surface area contributed by atoms with Crippen LogP contribution in [0.15, 0.2) is 18.6 Å². The van der Waals surface area contributed by atoms with E-state index in [9.17, 15) is 28.8 Å². The molecular weight excluding hydrogens is 626 g/mol. The SMILES string of the molecule is C1CCCCC1.CCC.CCCC(NC(=O)C1CCCN1C(=O)C(NC(=O)CNC(=O)c1cnccn1)C(C)(C)C)C(=O)C(=O)NC1CC1. The smallest absolute Gasteiger partial charge is 0.289 e. The predicted molar refractivity (Wildman–Crippen MR) is 187 cm³/mol. The van der Waals surface area contributed by atoms with E-state index in [4.69, 9.17) is 0 Å². The monoisotopic (exact) mass is 685 g/mol. The maximum absolute atomic E-state index is 13.7. The Labute approximate surface area is 291 Å².